The van der Waals surface area contributed by atoms with Crippen molar-refractivity contribution in [3.05, 3.63) is 107 Å². The fourth-order valence-electron chi connectivity index (χ4n) is 3.95. The summed E-state index contributed by atoms with van der Waals surface area (Å²) in [5.41, 5.74) is 5.09. The highest BCUT2D eigenvalue weighted by atomic mass is 16.5. The third kappa shape index (κ3) is 7.07. The lowest BCUT2D eigenvalue weighted by Crippen LogP contribution is -2.23. The van der Waals surface area contributed by atoms with Gasteiger partial charge in [0.25, 0.3) is 5.91 Å². The molecule has 0 radical (unpaired) electrons. The van der Waals surface area contributed by atoms with E-state index in [1.54, 1.807) is 12.1 Å². The van der Waals surface area contributed by atoms with Gasteiger partial charge in [0.2, 0.25) is 5.89 Å². The van der Waals surface area contributed by atoms with E-state index in [-0.39, 0.29) is 18.9 Å². The van der Waals surface area contributed by atoms with Gasteiger partial charge in [-0.2, -0.15) is 0 Å². The van der Waals surface area contributed by atoms with Crippen molar-refractivity contribution < 1.29 is 23.8 Å². The zero-order valence-electron chi connectivity index (χ0n) is 21.0. The first kappa shape index (κ1) is 25.7. The van der Waals surface area contributed by atoms with Gasteiger partial charge in [0.05, 0.1) is 12.3 Å². The number of amides is 1. The number of nitrogens with one attached hydrogen (secondary N) is 1. The summed E-state index contributed by atoms with van der Waals surface area (Å²) in [5.74, 6) is 0.926. The van der Waals surface area contributed by atoms with E-state index in [0.29, 0.717) is 36.7 Å². The van der Waals surface area contributed by atoms with E-state index < -0.39 is 5.97 Å². The summed E-state index contributed by atoms with van der Waals surface area (Å²) < 4.78 is 11.8. The maximum atomic E-state index is 12.6. The number of aryl methyl sites for hydroxylation is 3. The predicted molar refractivity (Wildman–Crippen MR) is 141 cm³/mol. The van der Waals surface area contributed by atoms with Crippen LogP contribution in [0.2, 0.25) is 0 Å². The van der Waals surface area contributed by atoms with Gasteiger partial charge < -0.3 is 19.6 Å². The molecule has 0 bridgehead atoms. The standard InChI is InChI=1S/C30H30N2O5/c1-20-8-10-23(11-9-20)29(35)31-19-25-18-26(14-12-22(25)13-15-28(33)34)36-17-16-27-21(2)37-30(32-27)24-6-4-3-5-7-24/h3-12,14,18H,13,15-17,19H2,1-2H3,(H,31,35)(H,33,34). The highest BCUT2D eigenvalue weighted by molar-refractivity contribution is 5.94. The summed E-state index contributed by atoms with van der Waals surface area (Å²) in [6.45, 7) is 4.52. The van der Waals surface area contributed by atoms with Gasteiger partial charge in [0.15, 0.2) is 0 Å². The molecule has 37 heavy (non-hydrogen) atoms. The summed E-state index contributed by atoms with van der Waals surface area (Å²) in [7, 11) is 0. The number of hydrogen-bond acceptors (Lipinski definition) is 5. The monoisotopic (exact) mass is 498 g/mol. The zero-order chi connectivity index (χ0) is 26.2. The average molecular weight is 499 g/mol. The van der Waals surface area contributed by atoms with Gasteiger partial charge in [-0.05, 0) is 67.8 Å². The Labute approximate surface area is 216 Å². The van der Waals surface area contributed by atoms with E-state index in [9.17, 15) is 9.59 Å². The van der Waals surface area contributed by atoms with E-state index in [4.69, 9.17) is 14.3 Å². The molecule has 4 aromatic rings. The molecular formula is C30H30N2O5. The molecule has 7 nitrogen and oxygen atoms in total. The lowest BCUT2D eigenvalue weighted by atomic mass is 10.0. The van der Waals surface area contributed by atoms with E-state index in [1.807, 2.05) is 74.5 Å². The molecule has 7 heteroatoms. The summed E-state index contributed by atoms with van der Waals surface area (Å²) in [4.78, 5) is 28.3. The molecule has 1 amide bonds. The minimum absolute atomic E-state index is 0.00823. The van der Waals surface area contributed by atoms with Crippen molar-refractivity contribution in [3.63, 3.8) is 0 Å². The van der Waals surface area contributed by atoms with Crippen LogP contribution in [0, 0.1) is 13.8 Å². The topological polar surface area (TPSA) is 102 Å². The minimum atomic E-state index is -0.868. The smallest absolute Gasteiger partial charge is 0.303 e. The largest absolute Gasteiger partial charge is 0.493 e. The Balaban J connectivity index is 1.41. The van der Waals surface area contributed by atoms with Crippen LogP contribution in [0.5, 0.6) is 5.75 Å². The number of nitrogens with zero attached hydrogens (tertiary/aromatic N) is 1. The fraction of sp³-hybridized carbons (Fsp3) is 0.233. The van der Waals surface area contributed by atoms with Crippen LogP contribution in [0.25, 0.3) is 11.5 Å². The molecule has 0 aliphatic heterocycles. The molecule has 0 aliphatic rings. The molecule has 0 aliphatic carbocycles. The van der Waals surface area contributed by atoms with E-state index in [1.165, 1.54) is 0 Å². The number of aliphatic carboxylic acids is 1. The van der Waals surface area contributed by atoms with Crippen LogP contribution >= 0.6 is 0 Å². The first-order valence-corrected chi connectivity index (χ1v) is 12.2. The quantitative estimate of drug-likeness (QED) is 0.282. The predicted octanol–water partition coefficient (Wildman–Crippen LogP) is 5.53. The molecular weight excluding hydrogens is 468 g/mol. The van der Waals surface area contributed by atoms with Crippen LogP contribution in [0.1, 0.15) is 44.9 Å². The normalized spacial score (nSPS) is 10.8. The van der Waals surface area contributed by atoms with E-state index >= 15 is 0 Å². The number of carbonyl (C=O) groups is 2. The number of hydrogen-bond donors (Lipinski definition) is 2. The molecule has 0 saturated carbocycles. The SMILES string of the molecule is Cc1ccc(C(=O)NCc2cc(OCCc3nc(-c4ccccc4)oc3C)ccc2CCC(=O)O)cc1. The fourth-order valence-corrected chi connectivity index (χ4v) is 3.95. The van der Waals surface area contributed by atoms with Crippen LogP contribution < -0.4 is 10.1 Å². The van der Waals surface area contributed by atoms with Gasteiger partial charge in [0.1, 0.15) is 11.5 Å². The van der Waals surface area contributed by atoms with Crippen LogP contribution in [-0.4, -0.2) is 28.6 Å². The van der Waals surface area contributed by atoms with Crippen molar-refractivity contribution in [2.24, 2.45) is 0 Å². The van der Waals surface area contributed by atoms with Crippen LogP contribution in [0.4, 0.5) is 0 Å². The molecule has 0 fully saturated rings. The summed E-state index contributed by atoms with van der Waals surface area (Å²) in [6, 6.07) is 22.6. The van der Waals surface area contributed by atoms with Gasteiger partial charge in [-0.15, -0.1) is 0 Å². The number of carboxylic acids is 1. The summed E-state index contributed by atoms with van der Waals surface area (Å²) in [5, 5.41) is 12.1. The van der Waals surface area contributed by atoms with Crippen molar-refractivity contribution in [2.75, 3.05) is 6.61 Å². The second kappa shape index (κ2) is 12.0. The molecule has 4 rings (SSSR count). The van der Waals surface area contributed by atoms with Crippen molar-refractivity contribution in [1.29, 1.82) is 0 Å². The van der Waals surface area contributed by atoms with Crippen molar-refractivity contribution in [3.8, 4) is 17.2 Å². The second-order valence-electron chi connectivity index (χ2n) is 8.86. The molecule has 3 aromatic carbocycles. The van der Waals surface area contributed by atoms with Crippen LogP contribution in [0.15, 0.2) is 77.2 Å². The van der Waals surface area contributed by atoms with Crippen molar-refractivity contribution >= 4 is 11.9 Å². The molecule has 0 unspecified atom stereocenters. The number of carbonyl (C=O) groups excluding carboxylic acids is 1. The van der Waals surface area contributed by atoms with Crippen LogP contribution in [0.3, 0.4) is 0 Å². The lowest BCUT2D eigenvalue weighted by Gasteiger charge is -2.13. The van der Waals surface area contributed by atoms with Crippen LogP contribution in [-0.2, 0) is 24.2 Å². The minimum Gasteiger partial charge on any atom is -0.493 e. The van der Waals surface area contributed by atoms with Gasteiger partial charge in [-0.1, -0.05) is 42.0 Å². The highest BCUT2D eigenvalue weighted by Crippen LogP contribution is 2.23. The van der Waals surface area contributed by atoms with E-state index in [2.05, 4.69) is 10.3 Å². The molecule has 190 valence electrons. The van der Waals surface area contributed by atoms with Crippen molar-refractivity contribution in [1.82, 2.24) is 10.3 Å². The van der Waals surface area contributed by atoms with Gasteiger partial charge >= 0.3 is 5.97 Å². The Bertz CT molecular complexity index is 1360. The number of carboxylic acid groups (broad SMARTS) is 1. The Morgan fingerprint density at radius 2 is 1.70 bits per heavy atom. The maximum Gasteiger partial charge on any atom is 0.303 e. The second-order valence-corrected chi connectivity index (χ2v) is 8.86. The molecule has 0 atom stereocenters. The third-order valence-electron chi connectivity index (χ3n) is 6.06. The van der Waals surface area contributed by atoms with Crippen molar-refractivity contribution in [2.45, 2.75) is 39.7 Å². The number of benzene rings is 3. The Kier molecular flexibility index (Phi) is 8.36. The molecule has 0 saturated heterocycles. The first-order chi connectivity index (χ1) is 17.9. The number of aromatic nitrogens is 1. The number of rotatable bonds is 11. The van der Waals surface area contributed by atoms with Gasteiger partial charge in [0, 0.05) is 30.5 Å². The van der Waals surface area contributed by atoms with E-state index in [0.717, 1.165) is 33.7 Å². The molecule has 1 heterocycles. The average Bonchev–Trinajstić information content (AvgIpc) is 3.27. The van der Waals surface area contributed by atoms with Gasteiger partial charge in [-0.3, -0.25) is 9.59 Å². The summed E-state index contributed by atoms with van der Waals surface area (Å²) >= 11 is 0. The molecule has 1 aromatic heterocycles. The third-order valence-corrected chi connectivity index (χ3v) is 6.06. The lowest BCUT2D eigenvalue weighted by molar-refractivity contribution is -0.136. The number of oxazole rings is 1. The highest BCUT2D eigenvalue weighted by Gasteiger charge is 2.13. The maximum absolute atomic E-state index is 12.6. The summed E-state index contributed by atoms with van der Waals surface area (Å²) in [6.07, 6.45) is 0.947. The molecule has 2 N–H and O–H groups in total. The Morgan fingerprint density at radius 1 is 0.946 bits per heavy atom. The number of ether oxygens (including phenoxy) is 1. The molecule has 0 spiro atoms. The Morgan fingerprint density at radius 3 is 2.43 bits per heavy atom. The first-order valence-electron chi connectivity index (χ1n) is 12.2. The zero-order valence-corrected chi connectivity index (χ0v) is 21.0. The van der Waals surface area contributed by atoms with Gasteiger partial charge in [-0.25, -0.2) is 4.98 Å². The Hall–Kier alpha value is -4.39.